The summed E-state index contributed by atoms with van der Waals surface area (Å²) in [6, 6.07) is 4.81. The Kier molecular flexibility index (Phi) is 4.79. The van der Waals surface area contributed by atoms with E-state index in [9.17, 15) is 4.39 Å². The Balaban J connectivity index is 1.36. The van der Waals surface area contributed by atoms with Gasteiger partial charge in [-0.05, 0) is 49.4 Å². The van der Waals surface area contributed by atoms with E-state index in [1.807, 2.05) is 0 Å². The molecule has 0 radical (unpaired) electrons. The van der Waals surface area contributed by atoms with E-state index in [-0.39, 0.29) is 11.9 Å². The maximum Gasteiger partial charge on any atom is 0.123 e. The van der Waals surface area contributed by atoms with Crippen LogP contribution in [0.4, 0.5) is 4.39 Å². The van der Waals surface area contributed by atoms with Crippen LogP contribution in [0.2, 0.25) is 0 Å². The average molecular weight is 291 g/mol. The molecule has 3 atom stereocenters. The Bertz CT molecular complexity index is 476. The van der Waals surface area contributed by atoms with Gasteiger partial charge in [-0.25, -0.2) is 4.39 Å². The van der Waals surface area contributed by atoms with Crippen molar-refractivity contribution in [3.63, 3.8) is 0 Å². The predicted molar refractivity (Wildman–Crippen MR) is 83.1 cm³/mol. The molecule has 0 saturated heterocycles. The van der Waals surface area contributed by atoms with Gasteiger partial charge in [-0.2, -0.15) is 0 Å². The Labute approximate surface area is 127 Å². The van der Waals surface area contributed by atoms with Gasteiger partial charge in [0.15, 0.2) is 0 Å². The van der Waals surface area contributed by atoms with E-state index in [1.165, 1.54) is 38.2 Å². The molecule has 3 rings (SSSR count). The largest absolute Gasteiger partial charge is 0.488 e. The lowest BCUT2D eigenvalue weighted by atomic mass is 9.81. The molecule has 3 unspecified atom stereocenters. The van der Waals surface area contributed by atoms with Crippen molar-refractivity contribution in [1.82, 2.24) is 5.32 Å². The Morgan fingerprint density at radius 3 is 3.10 bits per heavy atom. The first-order valence-electron chi connectivity index (χ1n) is 8.36. The van der Waals surface area contributed by atoms with Gasteiger partial charge in [0.25, 0.3) is 0 Å². The molecule has 0 aromatic heterocycles. The standard InChI is InChI=1S/C18H26FNO/c1-13-3-2-4-14(9-13)7-8-20-12-17-11-15-10-16(19)5-6-18(15)21-17/h5-6,10,13-14,17,20H,2-4,7-9,11-12H2,1H3. The van der Waals surface area contributed by atoms with E-state index >= 15 is 0 Å². The lowest BCUT2D eigenvalue weighted by molar-refractivity contribution is 0.221. The van der Waals surface area contributed by atoms with Gasteiger partial charge in [0, 0.05) is 18.5 Å². The summed E-state index contributed by atoms with van der Waals surface area (Å²) in [5.41, 5.74) is 1.00. The summed E-state index contributed by atoms with van der Waals surface area (Å²) >= 11 is 0. The highest BCUT2D eigenvalue weighted by Gasteiger charge is 2.23. The molecule has 0 spiro atoms. The molecule has 1 aromatic carbocycles. The third kappa shape index (κ3) is 3.97. The first kappa shape index (κ1) is 14.8. The van der Waals surface area contributed by atoms with Gasteiger partial charge in [-0.1, -0.05) is 26.2 Å². The molecule has 1 saturated carbocycles. The van der Waals surface area contributed by atoms with Crippen LogP contribution in [0.5, 0.6) is 5.75 Å². The van der Waals surface area contributed by atoms with E-state index in [4.69, 9.17) is 4.74 Å². The number of benzene rings is 1. The van der Waals surface area contributed by atoms with E-state index in [1.54, 1.807) is 12.1 Å². The monoisotopic (exact) mass is 291 g/mol. The second-order valence-electron chi connectivity index (χ2n) is 6.83. The maximum atomic E-state index is 13.2. The molecule has 1 aliphatic heterocycles. The van der Waals surface area contributed by atoms with Crippen molar-refractivity contribution in [2.45, 2.75) is 51.6 Å². The Morgan fingerprint density at radius 1 is 1.33 bits per heavy atom. The van der Waals surface area contributed by atoms with Crippen LogP contribution in [0.1, 0.15) is 44.6 Å². The molecule has 0 bridgehead atoms. The zero-order chi connectivity index (χ0) is 14.7. The normalized spacial score (nSPS) is 28.2. The van der Waals surface area contributed by atoms with Crippen LogP contribution in [0, 0.1) is 17.7 Å². The number of hydrogen-bond donors (Lipinski definition) is 1. The SMILES string of the molecule is CC1CCCC(CCNCC2Cc3cc(F)ccc3O2)C1. The Morgan fingerprint density at radius 2 is 2.24 bits per heavy atom. The van der Waals surface area contributed by atoms with Gasteiger partial charge in [-0.15, -0.1) is 0 Å². The Hall–Kier alpha value is -1.09. The summed E-state index contributed by atoms with van der Waals surface area (Å²) in [7, 11) is 0. The highest BCUT2D eigenvalue weighted by Crippen LogP contribution is 2.31. The predicted octanol–water partition coefficient (Wildman–Crippen LogP) is 3.94. The minimum Gasteiger partial charge on any atom is -0.488 e. The molecule has 2 nitrogen and oxygen atoms in total. The zero-order valence-corrected chi connectivity index (χ0v) is 12.9. The lowest BCUT2D eigenvalue weighted by Gasteiger charge is -2.26. The minimum atomic E-state index is -0.169. The summed E-state index contributed by atoms with van der Waals surface area (Å²) in [4.78, 5) is 0. The summed E-state index contributed by atoms with van der Waals surface area (Å²) in [5, 5.41) is 3.52. The van der Waals surface area contributed by atoms with Crippen molar-refractivity contribution >= 4 is 0 Å². The molecular weight excluding hydrogens is 265 g/mol. The maximum absolute atomic E-state index is 13.2. The van der Waals surface area contributed by atoms with Crippen molar-refractivity contribution < 1.29 is 9.13 Å². The molecule has 1 aliphatic carbocycles. The molecule has 1 aromatic rings. The van der Waals surface area contributed by atoms with Crippen LogP contribution in [-0.2, 0) is 6.42 Å². The third-order valence-corrected chi connectivity index (χ3v) is 4.91. The van der Waals surface area contributed by atoms with Crippen LogP contribution in [0.25, 0.3) is 0 Å². The van der Waals surface area contributed by atoms with Gasteiger partial charge in [0.05, 0.1) is 0 Å². The van der Waals surface area contributed by atoms with Crippen molar-refractivity contribution in [2.75, 3.05) is 13.1 Å². The van der Waals surface area contributed by atoms with Gasteiger partial charge in [0.2, 0.25) is 0 Å². The van der Waals surface area contributed by atoms with Crippen LogP contribution in [0.15, 0.2) is 18.2 Å². The topological polar surface area (TPSA) is 21.3 Å². The van der Waals surface area contributed by atoms with Gasteiger partial charge >= 0.3 is 0 Å². The molecule has 0 amide bonds. The number of fused-ring (bicyclic) bond motifs is 1. The highest BCUT2D eigenvalue weighted by atomic mass is 19.1. The minimum absolute atomic E-state index is 0.159. The first-order chi connectivity index (χ1) is 10.2. The van der Waals surface area contributed by atoms with E-state index in [2.05, 4.69) is 12.2 Å². The lowest BCUT2D eigenvalue weighted by Crippen LogP contribution is -2.31. The van der Waals surface area contributed by atoms with Crippen LogP contribution >= 0.6 is 0 Å². The fourth-order valence-electron chi connectivity index (χ4n) is 3.79. The van der Waals surface area contributed by atoms with Crippen molar-refractivity contribution in [3.8, 4) is 5.75 Å². The smallest absolute Gasteiger partial charge is 0.123 e. The molecule has 1 fully saturated rings. The number of rotatable bonds is 5. The van der Waals surface area contributed by atoms with E-state index in [0.717, 1.165) is 42.7 Å². The zero-order valence-electron chi connectivity index (χ0n) is 12.9. The van der Waals surface area contributed by atoms with Crippen molar-refractivity contribution in [2.24, 2.45) is 11.8 Å². The summed E-state index contributed by atoms with van der Waals surface area (Å²) in [6.45, 7) is 4.31. The molecule has 2 aliphatic rings. The first-order valence-corrected chi connectivity index (χ1v) is 8.36. The summed E-state index contributed by atoms with van der Waals surface area (Å²) in [5.74, 6) is 2.49. The van der Waals surface area contributed by atoms with Crippen LogP contribution < -0.4 is 10.1 Å². The van der Waals surface area contributed by atoms with E-state index < -0.39 is 0 Å². The molecule has 3 heteroatoms. The average Bonchev–Trinajstić information content (AvgIpc) is 2.85. The third-order valence-electron chi connectivity index (χ3n) is 4.91. The molecule has 116 valence electrons. The molecule has 1 heterocycles. The molecule has 1 N–H and O–H groups in total. The second-order valence-corrected chi connectivity index (χ2v) is 6.83. The quantitative estimate of drug-likeness (QED) is 0.830. The van der Waals surface area contributed by atoms with Gasteiger partial charge < -0.3 is 10.1 Å². The summed E-state index contributed by atoms with van der Waals surface area (Å²) in [6.07, 6.45) is 7.86. The fourth-order valence-corrected chi connectivity index (χ4v) is 3.79. The van der Waals surface area contributed by atoms with E-state index in [0.29, 0.717) is 0 Å². The van der Waals surface area contributed by atoms with Crippen LogP contribution in [0.3, 0.4) is 0 Å². The van der Waals surface area contributed by atoms with Crippen LogP contribution in [-0.4, -0.2) is 19.2 Å². The molecule has 21 heavy (non-hydrogen) atoms. The fraction of sp³-hybridized carbons (Fsp3) is 0.667. The number of nitrogens with one attached hydrogen (secondary N) is 1. The van der Waals surface area contributed by atoms with Crippen molar-refractivity contribution in [1.29, 1.82) is 0 Å². The van der Waals surface area contributed by atoms with Crippen molar-refractivity contribution in [3.05, 3.63) is 29.6 Å². The van der Waals surface area contributed by atoms with Gasteiger partial charge in [0.1, 0.15) is 17.7 Å². The number of halogens is 1. The number of ether oxygens (including phenoxy) is 1. The van der Waals surface area contributed by atoms with Gasteiger partial charge in [-0.3, -0.25) is 0 Å². The molecular formula is C18H26FNO. The second kappa shape index (κ2) is 6.78. The number of hydrogen-bond acceptors (Lipinski definition) is 2. The summed E-state index contributed by atoms with van der Waals surface area (Å²) < 4.78 is 19.0. The highest BCUT2D eigenvalue weighted by molar-refractivity contribution is 5.37.